The van der Waals surface area contributed by atoms with Crippen molar-refractivity contribution in [2.75, 3.05) is 5.75 Å². The Bertz CT molecular complexity index is 365. The summed E-state index contributed by atoms with van der Waals surface area (Å²) in [4.78, 5) is 25.3. The van der Waals surface area contributed by atoms with Crippen LogP contribution in [0.1, 0.15) is 17.3 Å². The van der Waals surface area contributed by atoms with Crippen molar-refractivity contribution in [3.8, 4) is 0 Å². The van der Waals surface area contributed by atoms with Gasteiger partial charge in [-0.15, -0.1) is 0 Å². The maximum atomic E-state index is 10.7. The van der Waals surface area contributed by atoms with Crippen molar-refractivity contribution in [2.45, 2.75) is 11.9 Å². The zero-order valence-corrected chi connectivity index (χ0v) is 8.37. The molecule has 0 unspecified atom stereocenters. The minimum absolute atomic E-state index is 0.00279. The lowest BCUT2D eigenvalue weighted by atomic mass is 10.3. The molecule has 0 aromatic carbocycles. The molecule has 0 fully saturated rings. The maximum Gasteiger partial charge on any atom is 0.338 e. The second kappa shape index (κ2) is 4.76. The Morgan fingerprint density at radius 3 is 2.86 bits per heavy atom. The van der Waals surface area contributed by atoms with Crippen molar-refractivity contribution in [1.82, 2.24) is 4.98 Å². The molecule has 0 aliphatic rings. The molecule has 0 aliphatic carbocycles. The van der Waals surface area contributed by atoms with Gasteiger partial charge in [-0.3, -0.25) is 4.79 Å². The fourth-order valence-corrected chi connectivity index (χ4v) is 1.62. The number of carbonyl (C=O) groups excluding carboxylic acids is 1. The minimum atomic E-state index is -1.02. The lowest BCUT2D eigenvalue weighted by Gasteiger charge is -2.01. The smallest absolute Gasteiger partial charge is 0.338 e. The summed E-state index contributed by atoms with van der Waals surface area (Å²) in [5, 5.41) is 9.18. The molecule has 0 amide bonds. The average molecular weight is 211 g/mol. The minimum Gasteiger partial charge on any atom is -0.478 e. The number of aromatic nitrogens is 1. The summed E-state index contributed by atoms with van der Waals surface area (Å²) in [5.41, 5.74) is 0.138. The van der Waals surface area contributed by atoms with Crippen LogP contribution >= 0.6 is 11.8 Å². The molecule has 14 heavy (non-hydrogen) atoms. The van der Waals surface area contributed by atoms with Gasteiger partial charge in [0.2, 0.25) is 0 Å². The Hall–Kier alpha value is -1.36. The number of hydrogen-bond acceptors (Lipinski definition) is 4. The first-order valence-corrected chi connectivity index (χ1v) is 4.90. The molecular weight excluding hydrogens is 202 g/mol. The largest absolute Gasteiger partial charge is 0.478 e. The Morgan fingerprint density at radius 2 is 2.29 bits per heavy atom. The molecule has 1 aromatic rings. The standard InChI is InChI=1S/C9H9NO3S/c1-6(11)5-14-8-7(9(12)13)3-2-4-10-8/h2-4H,5H2,1H3,(H,12,13). The normalized spacial score (nSPS) is 9.79. The number of thioether (sulfide) groups is 1. The van der Waals surface area contributed by atoms with Crippen LogP contribution in [0.5, 0.6) is 0 Å². The molecule has 0 atom stereocenters. The van der Waals surface area contributed by atoms with E-state index in [1.165, 1.54) is 19.2 Å². The van der Waals surface area contributed by atoms with Crippen molar-refractivity contribution in [3.05, 3.63) is 23.9 Å². The first-order chi connectivity index (χ1) is 6.61. The Kier molecular flexibility index (Phi) is 3.64. The fourth-order valence-electron chi connectivity index (χ4n) is 0.839. The Morgan fingerprint density at radius 1 is 1.57 bits per heavy atom. The third-order valence-corrected chi connectivity index (χ3v) is 2.56. The summed E-state index contributed by atoms with van der Waals surface area (Å²) in [6, 6.07) is 3.03. The van der Waals surface area contributed by atoms with E-state index in [1.807, 2.05) is 0 Å². The maximum absolute atomic E-state index is 10.7. The van der Waals surface area contributed by atoms with E-state index in [-0.39, 0.29) is 17.1 Å². The van der Waals surface area contributed by atoms with Crippen LogP contribution in [0, 0.1) is 0 Å². The highest BCUT2D eigenvalue weighted by atomic mass is 32.2. The molecular formula is C9H9NO3S. The SMILES string of the molecule is CC(=O)CSc1ncccc1C(=O)O. The third-order valence-electron chi connectivity index (χ3n) is 1.41. The second-order valence-corrected chi connectivity index (χ2v) is 3.62. The van der Waals surface area contributed by atoms with E-state index in [9.17, 15) is 9.59 Å². The predicted octanol–water partition coefficient (Wildman–Crippen LogP) is 1.46. The van der Waals surface area contributed by atoms with E-state index in [4.69, 9.17) is 5.11 Å². The molecule has 1 aromatic heterocycles. The molecule has 0 saturated carbocycles. The van der Waals surface area contributed by atoms with Crippen molar-refractivity contribution in [3.63, 3.8) is 0 Å². The Labute approximate surface area is 85.4 Å². The number of aromatic carboxylic acids is 1. The highest BCUT2D eigenvalue weighted by Crippen LogP contribution is 2.19. The summed E-state index contributed by atoms with van der Waals surface area (Å²) >= 11 is 1.14. The third kappa shape index (κ3) is 2.85. The fraction of sp³-hybridized carbons (Fsp3) is 0.222. The molecule has 1 rings (SSSR count). The van der Waals surface area contributed by atoms with E-state index >= 15 is 0 Å². The van der Waals surface area contributed by atoms with Gasteiger partial charge in [0.1, 0.15) is 10.8 Å². The average Bonchev–Trinajstić information content (AvgIpc) is 2.15. The summed E-state index contributed by atoms with van der Waals surface area (Å²) in [6.07, 6.45) is 1.51. The summed E-state index contributed by atoms with van der Waals surface area (Å²) < 4.78 is 0. The quantitative estimate of drug-likeness (QED) is 0.764. The highest BCUT2D eigenvalue weighted by Gasteiger charge is 2.11. The molecule has 0 saturated heterocycles. The van der Waals surface area contributed by atoms with Gasteiger partial charge in [-0.2, -0.15) is 0 Å². The van der Waals surface area contributed by atoms with Gasteiger partial charge in [0.15, 0.2) is 0 Å². The van der Waals surface area contributed by atoms with Crippen LogP contribution < -0.4 is 0 Å². The van der Waals surface area contributed by atoms with Crippen LogP contribution in [-0.4, -0.2) is 27.6 Å². The molecule has 1 N–H and O–H groups in total. The van der Waals surface area contributed by atoms with Crippen LogP contribution in [0.25, 0.3) is 0 Å². The molecule has 0 bridgehead atoms. The van der Waals surface area contributed by atoms with E-state index in [0.717, 1.165) is 11.8 Å². The summed E-state index contributed by atoms with van der Waals surface area (Å²) in [5.74, 6) is -0.779. The molecule has 74 valence electrons. The number of carboxylic acids is 1. The predicted molar refractivity (Wildman–Crippen MR) is 52.6 cm³/mol. The first-order valence-electron chi connectivity index (χ1n) is 3.92. The van der Waals surface area contributed by atoms with Gasteiger partial charge in [0.05, 0.1) is 11.3 Å². The number of carboxylic acid groups (broad SMARTS) is 1. The van der Waals surface area contributed by atoms with Gasteiger partial charge < -0.3 is 5.11 Å². The van der Waals surface area contributed by atoms with E-state index in [2.05, 4.69) is 4.98 Å². The number of Topliss-reactive ketones (excluding diaryl/α,β-unsaturated/α-hetero) is 1. The second-order valence-electron chi connectivity index (χ2n) is 2.65. The van der Waals surface area contributed by atoms with Crippen molar-refractivity contribution < 1.29 is 14.7 Å². The molecule has 5 heteroatoms. The van der Waals surface area contributed by atoms with E-state index in [0.29, 0.717) is 5.03 Å². The van der Waals surface area contributed by atoms with Crippen molar-refractivity contribution >= 4 is 23.5 Å². The lowest BCUT2D eigenvalue weighted by Crippen LogP contribution is -2.02. The highest BCUT2D eigenvalue weighted by molar-refractivity contribution is 8.00. The number of hydrogen-bond donors (Lipinski definition) is 1. The van der Waals surface area contributed by atoms with Gasteiger partial charge in [0, 0.05) is 6.20 Å². The molecule has 0 aliphatic heterocycles. The Balaban J connectivity index is 2.84. The number of pyridine rings is 1. The monoisotopic (exact) mass is 211 g/mol. The van der Waals surface area contributed by atoms with Gasteiger partial charge in [-0.1, -0.05) is 11.8 Å². The number of carbonyl (C=O) groups is 2. The van der Waals surface area contributed by atoms with Crippen LogP contribution in [0.2, 0.25) is 0 Å². The van der Waals surface area contributed by atoms with Gasteiger partial charge >= 0.3 is 5.97 Å². The van der Waals surface area contributed by atoms with Gasteiger partial charge in [-0.05, 0) is 19.1 Å². The van der Waals surface area contributed by atoms with E-state index < -0.39 is 5.97 Å². The summed E-state index contributed by atoms with van der Waals surface area (Å²) in [6.45, 7) is 1.45. The van der Waals surface area contributed by atoms with Crippen LogP contribution in [-0.2, 0) is 4.79 Å². The number of ketones is 1. The number of rotatable bonds is 4. The van der Waals surface area contributed by atoms with E-state index in [1.54, 1.807) is 6.07 Å². The molecule has 0 spiro atoms. The first kappa shape index (κ1) is 10.7. The molecule has 0 radical (unpaired) electrons. The zero-order valence-electron chi connectivity index (χ0n) is 7.56. The van der Waals surface area contributed by atoms with Crippen molar-refractivity contribution in [2.24, 2.45) is 0 Å². The van der Waals surface area contributed by atoms with Gasteiger partial charge in [-0.25, -0.2) is 9.78 Å². The van der Waals surface area contributed by atoms with Crippen LogP contribution in [0.15, 0.2) is 23.4 Å². The zero-order chi connectivity index (χ0) is 10.6. The topological polar surface area (TPSA) is 67.3 Å². The molecule has 1 heterocycles. The van der Waals surface area contributed by atoms with Crippen molar-refractivity contribution in [1.29, 1.82) is 0 Å². The van der Waals surface area contributed by atoms with Gasteiger partial charge in [0.25, 0.3) is 0 Å². The van der Waals surface area contributed by atoms with Crippen LogP contribution in [0.3, 0.4) is 0 Å². The lowest BCUT2D eigenvalue weighted by molar-refractivity contribution is -0.114. The van der Waals surface area contributed by atoms with Crippen LogP contribution in [0.4, 0.5) is 0 Å². The molecule has 4 nitrogen and oxygen atoms in total. The summed E-state index contributed by atoms with van der Waals surface area (Å²) in [7, 11) is 0. The number of nitrogens with zero attached hydrogens (tertiary/aromatic N) is 1.